The van der Waals surface area contributed by atoms with Crippen molar-refractivity contribution in [2.45, 2.75) is 19.8 Å². The van der Waals surface area contributed by atoms with Crippen LogP contribution in [-0.2, 0) is 4.79 Å². The Balaban J connectivity index is 1.74. The van der Waals surface area contributed by atoms with Crippen LogP contribution in [0.3, 0.4) is 0 Å². The number of rotatable bonds is 8. The van der Waals surface area contributed by atoms with Crippen LogP contribution in [0.5, 0.6) is 11.5 Å². The lowest BCUT2D eigenvalue weighted by Gasteiger charge is -2.15. The summed E-state index contributed by atoms with van der Waals surface area (Å²) < 4.78 is 11.8. The topological polar surface area (TPSA) is 55.8 Å². The van der Waals surface area contributed by atoms with Gasteiger partial charge in [-0.05, 0) is 40.5 Å². The van der Waals surface area contributed by atoms with Crippen LogP contribution in [0.4, 0.5) is 0 Å². The molecule has 3 aromatic rings. The molecule has 0 heterocycles. The summed E-state index contributed by atoms with van der Waals surface area (Å²) in [5.74, 6) is 0.889. The quantitative estimate of drug-likeness (QED) is 0.415. The summed E-state index contributed by atoms with van der Waals surface area (Å²) in [5, 5.41) is 11.0. The van der Waals surface area contributed by atoms with Gasteiger partial charge < -0.3 is 14.6 Å². The molecule has 0 aliphatic heterocycles. The first-order valence-corrected chi connectivity index (χ1v) is 9.33. The highest BCUT2D eigenvalue weighted by atomic mass is 16.5. The molecule has 0 saturated heterocycles. The molecule has 0 fully saturated rings. The third-order valence-electron chi connectivity index (χ3n) is 4.46. The van der Waals surface area contributed by atoms with Gasteiger partial charge in [-0.25, -0.2) is 4.79 Å². The highest BCUT2D eigenvalue weighted by Crippen LogP contribution is 2.30. The fourth-order valence-electron chi connectivity index (χ4n) is 3.12. The van der Waals surface area contributed by atoms with Crippen molar-refractivity contribution in [3.05, 3.63) is 77.9 Å². The minimum atomic E-state index is -0.993. The summed E-state index contributed by atoms with van der Waals surface area (Å²) in [6.45, 7) is 5.03. The molecule has 0 unspecified atom stereocenters. The Morgan fingerprint density at radius 1 is 0.929 bits per heavy atom. The van der Waals surface area contributed by atoms with E-state index in [4.69, 9.17) is 14.6 Å². The number of carboxylic acid groups (broad SMARTS) is 1. The average Bonchev–Trinajstić information content (AvgIpc) is 2.70. The first-order chi connectivity index (χ1) is 13.6. The average molecular weight is 376 g/mol. The SMILES string of the molecule is CC(C)c1ccccc1OCCOc1ccc2ccccc2c1C=CC(=O)O. The third kappa shape index (κ3) is 4.71. The predicted octanol–water partition coefficient (Wildman–Crippen LogP) is 5.52. The number of carbonyl (C=O) groups is 1. The van der Waals surface area contributed by atoms with Gasteiger partial charge in [0, 0.05) is 11.6 Å². The number of para-hydroxylation sites is 1. The van der Waals surface area contributed by atoms with Crippen LogP contribution in [-0.4, -0.2) is 24.3 Å². The molecule has 0 aliphatic carbocycles. The van der Waals surface area contributed by atoms with E-state index in [1.807, 2.05) is 54.6 Å². The smallest absolute Gasteiger partial charge is 0.328 e. The van der Waals surface area contributed by atoms with E-state index in [9.17, 15) is 4.79 Å². The summed E-state index contributed by atoms with van der Waals surface area (Å²) in [6, 6.07) is 19.7. The van der Waals surface area contributed by atoms with Gasteiger partial charge in [-0.15, -0.1) is 0 Å². The zero-order chi connectivity index (χ0) is 19.9. The van der Waals surface area contributed by atoms with E-state index in [0.717, 1.165) is 28.2 Å². The van der Waals surface area contributed by atoms with Crippen molar-refractivity contribution in [3.8, 4) is 11.5 Å². The number of carboxylic acids is 1. The zero-order valence-electron chi connectivity index (χ0n) is 16.1. The molecule has 0 amide bonds. The monoisotopic (exact) mass is 376 g/mol. The lowest BCUT2D eigenvalue weighted by Crippen LogP contribution is -2.11. The van der Waals surface area contributed by atoms with Gasteiger partial charge in [0.25, 0.3) is 0 Å². The van der Waals surface area contributed by atoms with Crippen LogP contribution >= 0.6 is 0 Å². The number of hydrogen-bond acceptors (Lipinski definition) is 3. The van der Waals surface area contributed by atoms with Gasteiger partial charge in [0.2, 0.25) is 0 Å². The molecule has 3 aromatic carbocycles. The van der Waals surface area contributed by atoms with Crippen LogP contribution in [0.2, 0.25) is 0 Å². The van der Waals surface area contributed by atoms with E-state index >= 15 is 0 Å². The molecule has 144 valence electrons. The van der Waals surface area contributed by atoms with Crippen molar-refractivity contribution in [2.75, 3.05) is 13.2 Å². The van der Waals surface area contributed by atoms with Crippen molar-refractivity contribution < 1.29 is 19.4 Å². The van der Waals surface area contributed by atoms with Crippen molar-refractivity contribution in [2.24, 2.45) is 0 Å². The molecule has 0 radical (unpaired) electrons. The molecule has 0 aromatic heterocycles. The first-order valence-electron chi connectivity index (χ1n) is 9.33. The van der Waals surface area contributed by atoms with Crippen LogP contribution in [0.25, 0.3) is 16.8 Å². The van der Waals surface area contributed by atoms with Crippen molar-refractivity contribution >= 4 is 22.8 Å². The number of fused-ring (bicyclic) bond motifs is 1. The maximum absolute atomic E-state index is 11.0. The first kappa shape index (κ1) is 19.5. The lowest BCUT2D eigenvalue weighted by atomic mass is 10.0. The van der Waals surface area contributed by atoms with Crippen molar-refractivity contribution in [1.82, 2.24) is 0 Å². The molecular formula is C24H24O4. The molecule has 28 heavy (non-hydrogen) atoms. The molecule has 3 rings (SSSR count). The molecule has 0 saturated carbocycles. The van der Waals surface area contributed by atoms with E-state index in [1.165, 1.54) is 5.56 Å². The normalized spacial score (nSPS) is 11.2. The molecule has 4 heteroatoms. The van der Waals surface area contributed by atoms with Gasteiger partial charge in [0.05, 0.1) is 0 Å². The van der Waals surface area contributed by atoms with Gasteiger partial charge in [0.1, 0.15) is 24.7 Å². The van der Waals surface area contributed by atoms with Gasteiger partial charge in [0.15, 0.2) is 0 Å². The zero-order valence-corrected chi connectivity index (χ0v) is 16.1. The fraction of sp³-hybridized carbons (Fsp3) is 0.208. The van der Waals surface area contributed by atoms with Gasteiger partial charge in [-0.2, -0.15) is 0 Å². The standard InChI is InChI=1S/C24H24O4/c1-17(2)19-8-5-6-10-22(19)27-15-16-28-23-13-11-18-7-3-4-9-20(18)21(23)12-14-24(25)26/h3-14,17H,15-16H2,1-2H3,(H,25,26). The minimum absolute atomic E-state index is 0.360. The highest BCUT2D eigenvalue weighted by Gasteiger charge is 2.09. The Morgan fingerprint density at radius 3 is 2.36 bits per heavy atom. The van der Waals surface area contributed by atoms with E-state index in [2.05, 4.69) is 19.9 Å². The Morgan fingerprint density at radius 2 is 1.61 bits per heavy atom. The summed E-state index contributed by atoms with van der Waals surface area (Å²) >= 11 is 0. The number of benzene rings is 3. The van der Waals surface area contributed by atoms with Crippen LogP contribution in [0, 0.1) is 0 Å². The van der Waals surface area contributed by atoms with E-state index in [-0.39, 0.29) is 0 Å². The largest absolute Gasteiger partial charge is 0.490 e. The molecule has 0 aliphatic rings. The second-order valence-corrected chi connectivity index (χ2v) is 6.76. The Labute approximate surface area is 165 Å². The van der Waals surface area contributed by atoms with Crippen molar-refractivity contribution in [1.29, 1.82) is 0 Å². The second-order valence-electron chi connectivity index (χ2n) is 6.76. The van der Waals surface area contributed by atoms with E-state index in [1.54, 1.807) is 6.08 Å². The maximum Gasteiger partial charge on any atom is 0.328 e. The fourth-order valence-corrected chi connectivity index (χ4v) is 3.12. The lowest BCUT2D eigenvalue weighted by molar-refractivity contribution is -0.131. The summed E-state index contributed by atoms with van der Waals surface area (Å²) in [5.41, 5.74) is 1.92. The van der Waals surface area contributed by atoms with Crippen molar-refractivity contribution in [3.63, 3.8) is 0 Å². The van der Waals surface area contributed by atoms with Crippen LogP contribution < -0.4 is 9.47 Å². The minimum Gasteiger partial charge on any atom is -0.490 e. The molecule has 0 spiro atoms. The molecule has 4 nitrogen and oxygen atoms in total. The Hall–Kier alpha value is -3.27. The highest BCUT2D eigenvalue weighted by molar-refractivity contribution is 5.96. The van der Waals surface area contributed by atoms with E-state index in [0.29, 0.717) is 24.9 Å². The molecular weight excluding hydrogens is 352 g/mol. The summed E-state index contributed by atoms with van der Waals surface area (Å²) in [6.07, 6.45) is 2.71. The van der Waals surface area contributed by atoms with Crippen LogP contribution in [0.1, 0.15) is 30.9 Å². The van der Waals surface area contributed by atoms with Gasteiger partial charge >= 0.3 is 5.97 Å². The third-order valence-corrected chi connectivity index (χ3v) is 4.46. The molecule has 0 bridgehead atoms. The Kier molecular flexibility index (Phi) is 6.33. The van der Waals surface area contributed by atoms with Gasteiger partial charge in [-0.1, -0.05) is 62.4 Å². The maximum atomic E-state index is 11.0. The number of ether oxygens (including phenoxy) is 2. The summed E-state index contributed by atoms with van der Waals surface area (Å²) in [7, 11) is 0. The Bertz CT molecular complexity index is 989. The number of aliphatic carboxylic acids is 1. The predicted molar refractivity (Wildman–Crippen MR) is 112 cm³/mol. The molecule has 0 atom stereocenters. The number of hydrogen-bond donors (Lipinski definition) is 1. The van der Waals surface area contributed by atoms with Gasteiger partial charge in [-0.3, -0.25) is 0 Å². The molecule has 1 N–H and O–H groups in total. The van der Waals surface area contributed by atoms with E-state index < -0.39 is 5.97 Å². The summed E-state index contributed by atoms with van der Waals surface area (Å²) in [4.78, 5) is 11.0. The van der Waals surface area contributed by atoms with Crippen LogP contribution in [0.15, 0.2) is 66.7 Å². The second kappa shape index (κ2) is 9.09.